The molecule has 0 spiro atoms. The molecule has 1 fully saturated rings. The van der Waals surface area contributed by atoms with Crippen LogP contribution >= 0.6 is 0 Å². The second kappa shape index (κ2) is 8.68. The Hall–Kier alpha value is -2.08. The van der Waals surface area contributed by atoms with Gasteiger partial charge in [0, 0.05) is 25.8 Å². The number of carboxylic acid groups (broad SMARTS) is 1. The molecule has 1 amide bonds. The van der Waals surface area contributed by atoms with Crippen molar-refractivity contribution in [1.29, 1.82) is 0 Å². The van der Waals surface area contributed by atoms with E-state index in [9.17, 15) is 9.59 Å². The average molecular weight is 335 g/mol. The van der Waals surface area contributed by atoms with Crippen LogP contribution in [0.1, 0.15) is 30.4 Å². The predicted octanol–water partition coefficient (Wildman–Crippen LogP) is 2.16. The third-order valence-corrected chi connectivity index (χ3v) is 4.36. The molecule has 1 N–H and O–H groups in total. The SMILES string of the molecule is Cc1ccc(OCC(=O)N(CCC(=O)O)C2CCOCC2)cc1C. The molecule has 6 nitrogen and oxygen atoms in total. The zero-order valence-corrected chi connectivity index (χ0v) is 14.3. The normalized spacial score (nSPS) is 15.1. The van der Waals surface area contributed by atoms with Gasteiger partial charge in [-0.05, 0) is 49.9 Å². The summed E-state index contributed by atoms with van der Waals surface area (Å²) < 4.78 is 10.9. The molecule has 0 aliphatic carbocycles. The summed E-state index contributed by atoms with van der Waals surface area (Å²) in [6.45, 7) is 5.32. The highest BCUT2D eigenvalue weighted by Crippen LogP contribution is 2.18. The van der Waals surface area contributed by atoms with E-state index in [1.807, 2.05) is 32.0 Å². The highest BCUT2D eigenvalue weighted by atomic mass is 16.5. The quantitative estimate of drug-likeness (QED) is 0.826. The molecule has 0 aromatic heterocycles. The van der Waals surface area contributed by atoms with Crippen LogP contribution in [0.3, 0.4) is 0 Å². The van der Waals surface area contributed by atoms with E-state index in [1.165, 1.54) is 5.56 Å². The fourth-order valence-corrected chi connectivity index (χ4v) is 2.76. The smallest absolute Gasteiger partial charge is 0.305 e. The van der Waals surface area contributed by atoms with Crippen LogP contribution in [-0.4, -0.2) is 54.3 Å². The van der Waals surface area contributed by atoms with Gasteiger partial charge in [0.25, 0.3) is 5.91 Å². The first-order valence-corrected chi connectivity index (χ1v) is 8.26. The van der Waals surface area contributed by atoms with Gasteiger partial charge in [-0.25, -0.2) is 0 Å². The number of carbonyl (C=O) groups excluding carboxylic acids is 1. The Morgan fingerprint density at radius 3 is 2.58 bits per heavy atom. The topological polar surface area (TPSA) is 76.1 Å². The minimum Gasteiger partial charge on any atom is -0.484 e. The maximum atomic E-state index is 12.5. The van der Waals surface area contributed by atoms with E-state index in [1.54, 1.807) is 4.90 Å². The lowest BCUT2D eigenvalue weighted by molar-refractivity contribution is -0.141. The van der Waals surface area contributed by atoms with Crippen molar-refractivity contribution in [2.45, 2.75) is 39.2 Å². The van der Waals surface area contributed by atoms with Gasteiger partial charge in [-0.2, -0.15) is 0 Å². The molecule has 24 heavy (non-hydrogen) atoms. The van der Waals surface area contributed by atoms with E-state index in [0.717, 1.165) is 18.4 Å². The van der Waals surface area contributed by atoms with E-state index in [0.29, 0.717) is 19.0 Å². The summed E-state index contributed by atoms with van der Waals surface area (Å²) in [5.41, 5.74) is 2.27. The highest BCUT2D eigenvalue weighted by Gasteiger charge is 2.26. The molecule has 1 aliphatic heterocycles. The molecule has 1 aromatic carbocycles. The number of aryl methyl sites for hydroxylation is 2. The molecule has 6 heteroatoms. The summed E-state index contributed by atoms with van der Waals surface area (Å²) in [5, 5.41) is 8.91. The van der Waals surface area contributed by atoms with Gasteiger partial charge >= 0.3 is 5.97 Å². The molecule has 0 saturated carbocycles. The van der Waals surface area contributed by atoms with E-state index in [-0.39, 0.29) is 31.5 Å². The van der Waals surface area contributed by atoms with Crippen molar-refractivity contribution in [1.82, 2.24) is 4.90 Å². The lowest BCUT2D eigenvalue weighted by Crippen LogP contribution is -2.46. The number of benzene rings is 1. The largest absolute Gasteiger partial charge is 0.484 e. The van der Waals surface area contributed by atoms with Crippen molar-refractivity contribution < 1.29 is 24.2 Å². The molecule has 0 radical (unpaired) electrons. The van der Waals surface area contributed by atoms with Gasteiger partial charge in [0.05, 0.1) is 6.42 Å². The van der Waals surface area contributed by atoms with Crippen molar-refractivity contribution >= 4 is 11.9 Å². The fourth-order valence-electron chi connectivity index (χ4n) is 2.76. The van der Waals surface area contributed by atoms with Crippen LogP contribution in [0.25, 0.3) is 0 Å². The summed E-state index contributed by atoms with van der Waals surface area (Å²) in [7, 11) is 0. The Labute approximate surface area is 142 Å². The van der Waals surface area contributed by atoms with Crippen LogP contribution in [0, 0.1) is 13.8 Å². The van der Waals surface area contributed by atoms with Crippen LogP contribution in [0.15, 0.2) is 18.2 Å². The summed E-state index contributed by atoms with van der Waals surface area (Å²) >= 11 is 0. The number of carbonyl (C=O) groups is 2. The second-order valence-corrected chi connectivity index (χ2v) is 6.11. The molecule has 0 unspecified atom stereocenters. The van der Waals surface area contributed by atoms with E-state index < -0.39 is 5.97 Å². The number of hydrogen-bond acceptors (Lipinski definition) is 4. The molecule has 0 bridgehead atoms. The zero-order chi connectivity index (χ0) is 17.5. The van der Waals surface area contributed by atoms with Gasteiger partial charge in [-0.15, -0.1) is 0 Å². The van der Waals surface area contributed by atoms with Gasteiger partial charge in [-0.1, -0.05) is 6.07 Å². The van der Waals surface area contributed by atoms with Crippen LogP contribution in [0.2, 0.25) is 0 Å². The monoisotopic (exact) mass is 335 g/mol. The molecular formula is C18H25NO5. The number of hydrogen-bond donors (Lipinski definition) is 1. The zero-order valence-electron chi connectivity index (χ0n) is 14.3. The molecule has 1 aromatic rings. The summed E-state index contributed by atoms with van der Waals surface area (Å²) in [4.78, 5) is 25.0. The molecule has 1 saturated heterocycles. The predicted molar refractivity (Wildman–Crippen MR) is 89.2 cm³/mol. The number of amides is 1. The molecular weight excluding hydrogens is 310 g/mol. The van der Waals surface area contributed by atoms with Gasteiger partial charge in [-0.3, -0.25) is 9.59 Å². The minimum absolute atomic E-state index is 0.0222. The van der Waals surface area contributed by atoms with Crippen molar-refractivity contribution in [3.05, 3.63) is 29.3 Å². The first-order chi connectivity index (χ1) is 11.5. The van der Waals surface area contributed by atoms with E-state index in [2.05, 4.69) is 0 Å². The Kier molecular flexibility index (Phi) is 6.61. The molecule has 0 atom stereocenters. The van der Waals surface area contributed by atoms with Crippen LogP contribution in [-0.2, 0) is 14.3 Å². The van der Waals surface area contributed by atoms with Gasteiger partial charge in [0.2, 0.25) is 0 Å². The molecule has 132 valence electrons. The second-order valence-electron chi connectivity index (χ2n) is 6.11. The maximum absolute atomic E-state index is 12.5. The van der Waals surface area contributed by atoms with Crippen LogP contribution in [0.4, 0.5) is 0 Å². The Bertz CT molecular complexity index is 581. The lowest BCUT2D eigenvalue weighted by Gasteiger charge is -2.34. The highest BCUT2D eigenvalue weighted by molar-refractivity contribution is 5.79. The summed E-state index contributed by atoms with van der Waals surface area (Å²) in [5.74, 6) is -0.437. The van der Waals surface area contributed by atoms with Crippen molar-refractivity contribution in [3.8, 4) is 5.75 Å². The number of aliphatic carboxylic acids is 1. The van der Waals surface area contributed by atoms with Gasteiger partial charge in [0.1, 0.15) is 5.75 Å². The van der Waals surface area contributed by atoms with Crippen LogP contribution < -0.4 is 4.74 Å². The summed E-state index contributed by atoms with van der Waals surface area (Å²) in [6.07, 6.45) is 1.40. The first-order valence-electron chi connectivity index (χ1n) is 8.26. The standard InChI is InChI=1S/C18H25NO5/c1-13-3-4-16(11-14(13)2)24-12-17(20)19(8-5-18(21)22)15-6-9-23-10-7-15/h3-4,11,15H,5-10,12H2,1-2H3,(H,21,22). The van der Waals surface area contributed by atoms with Crippen LogP contribution in [0.5, 0.6) is 5.75 Å². The minimum atomic E-state index is -0.907. The Morgan fingerprint density at radius 2 is 1.96 bits per heavy atom. The molecule has 1 aliphatic rings. The number of nitrogens with zero attached hydrogens (tertiary/aromatic N) is 1. The van der Waals surface area contributed by atoms with Gasteiger partial charge < -0.3 is 19.5 Å². The first kappa shape index (κ1) is 18.3. The number of ether oxygens (including phenoxy) is 2. The maximum Gasteiger partial charge on any atom is 0.305 e. The lowest BCUT2D eigenvalue weighted by atomic mass is 10.1. The Balaban J connectivity index is 1.97. The van der Waals surface area contributed by atoms with Crippen molar-refractivity contribution in [2.75, 3.05) is 26.4 Å². The van der Waals surface area contributed by atoms with Crippen molar-refractivity contribution in [3.63, 3.8) is 0 Å². The third-order valence-electron chi connectivity index (χ3n) is 4.36. The van der Waals surface area contributed by atoms with Gasteiger partial charge in [0.15, 0.2) is 6.61 Å². The fraction of sp³-hybridized carbons (Fsp3) is 0.556. The Morgan fingerprint density at radius 1 is 1.25 bits per heavy atom. The number of carboxylic acids is 1. The summed E-state index contributed by atoms with van der Waals surface area (Å²) in [6, 6.07) is 5.72. The van der Waals surface area contributed by atoms with E-state index in [4.69, 9.17) is 14.6 Å². The third kappa shape index (κ3) is 5.23. The molecule has 1 heterocycles. The number of rotatable bonds is 7. The van der Waals surface area contributed by atoms with Crippen molar-refractivity contribution in [2.24, 2.45) is 0 Å². The average Bonchev–Trinajstić information content (AvgIpc) is 2.57. The van der Waals surface area contributed by atoms with E-state index >= 15 is 0 Å². The molecule has 2 rings (SSSR count).